The average Bonchev–Trinajstić information content (AvgIpc) is 3.00. The van der Waals surface area contributed by atoms with Crippen molar-refractivity contribution in [3.8, 4) is 5.75 Å². The van der Waals surface area contributed by atoms with Crippen LogP contribution in [0.5, 0.6) is 5.75 Å². The van der Waals surface area contributed by atoms with Crippen LogP contribution in [0.3, 0.4) is 0 Å². The van der Waals surface area contributed by atoms with Gasteiger partial charge in [0, 0.05) is 11.8 Å². The zero-order valence-electron chi connectivity index (χ0n) is 18.4. The summed E-state index contributed by atoms with van der Waals surface area (Å²) in [6.07, 6.45) is 0.00727. The van der Waals surface area contributed by atoms with Crippen molar-refractivity contribution in [3.05, 3.63) is 95.2 Å². The molecule has 0 fully saturated rings. The SMILES string of the molecule is Cc1ccc(C2=C(Nc3ccc(OC(C)C)cc3)C(=O)N(c3ccc(F)cc3F)C2=O)cc1. The van der Waals surface area contributed by atoms with E-state index in [1.165, 1.54) is 0 Å². The number of carbonyl (C=O) groups is 2. The van der Waals surface area contributed by atoms with Crippen LogP contribution in [0, 0.1) is 18.6 Å². The van der Waals surface area contributed by atoms with Crippen molar-refractivity contribution in [3.63, 3.8) is 0 Å². The molecule has 0 unspecified atom stereocenters. The van der Waals surface area contributed by atoms with E-state index in [0.29, 0.717) is 23.1 Å². The van der Waals surface area contributed by atoms with E-state index in [4.69, 9.17) is 4.74 Å². The Labute approximate surface area is 190 Å². The van der Waals surface area contributed by atoms with E-state index in [1.54, 1.807) is 36.4 Å². The number of rotatable bonds is 6. The Bertz CT molecular complexity index is 1250. The molecule has 168 valence electrons. The molecule has 0 radical (unpaired) electrons. The second-order valence-corrected chi connectivity index (χ2v) is 7.97. The number of amides is 2. The second kappa shape index (κ2) is 8.86. The van der Waals surface area contributed by atoms with Crippen LogP contribution < -0.4 is 15.0 Å². The number of ether oxygens (including phenoxy) is 1. The third-order valence-corrected chi connectivity index (χ3v) is 5.07. The summed E-state index contributed by atoms with van der Waals surface area (Å²) in [6.45, 7) is 5.73. The first-order valence-electron chi connectivity index (χ1n) is 10.4. The lowest BCUT2D eigenvalue weighted by atomic mass is 10.0. The number of anilines is 2. The third-order valence-electron chi connectivity index (χ3n) is 5.07. The van der Waals surface area contributed by atoms with E-state index in [1.807, 2.05) is 32.9 Å². The molecule has 4 rings (SSSR count). The summed E-state index contributed by atoms with van der Waals surface area (Å²) in [7, 11) is 0. The van der Waals surface area contributed by atoms with Crippen molar-refractivity contribution >= 4 is 28.8 Å². The van der Waals surface area contributed by atoms with Gasteiger partial charge in [0.1, 0.15) is 23.1 Å². The molecule has 0 bridgehead atoms. The Kier molecular flexibility index (Phi) is 5.96. The number of hydrogen-bond donors (Lipinski definition) is 1. The van der Waals surface area contributed by atoms with Crippen LogP contribution in [0.2, 0.25) is 0 Å². The lowest BCUT2D eigenvalue weighted by molar-refractivity contribution is -0.120. The number of imide groups is 1. The highest BCUT2D eigenvalue weighted by molar-refractivity contribution is 6.46. The van der Waals surface area contributed by atoms with Crippen molar-refractivity contribution in [1.29, 1.82) is 0 Å². The fraction of sp³-hybridized carbons (Fsp3) is 0.154. The van der Waals surface area contributed by atoms with Gasteiger partial charge < -0.3 is 10.1 Å². The molecule has 1 aliphatic rings. The molecular formula is C26H22F2N2O3. The standard InChI is InChI=1S/C26H22F2N2O3/c1-15(2)33-20-11-9-19(10-12-20)29-24-23(17-6-4-16(3)5-7-17)25(31)30(26(24)32)22-13-8-18(27)14-21(22)28/h4-15,29H,1-3H3. The molecule has 5 nitrogen and oxygen atoms in total. The predicted molar refractivity (Wildman–Crippen MR) is 123 cm³/mol. The largest absolute Gasteiger partial charge is 0.491 e. The summed E-state index contributed by atoms with van der Waals surface area (Å²) < 4.78 is 33.6. The normalized spacial score (nSPS) is 13.8. The first-order valence-corrected chi connectivity index (χ1v) is 10.4. The molecule has 0 aliphatic carbocycles. The number of halogens is 2. The summed E-state index contributed by atoms with van der Waals surface area (Å²) in [5.74, 6) is -2.58. The predicted octanol–water partition coefficient (Wildman–Crippen LogP) is 5.46. The molecule has 0 saturated carbocycles. The fourth-order valence-corrected chi connectivity index (χ4v) is 3.55. The molecule has 0 aromatic heterocycles. The topological polar surface area (TPSA) is 58.6 Å². The van der Waals surface area contributed by atoms with Crippen molar-refractivity contribution in [2.45, 2.75) is 26.9 Å². The maximum atomic E-state index is 14.5. The smallest absolute Gasteiger partial charge is 0.282 e. The minimum atomic E-state index is -1.00. The van der Waals surface area contributed by atoms with E-state index in [0.717, 1.165) is 22.6 Å². The lowest BCUT2D eigenvalue weighted by Crippen LogP contribution is -2.33. The third kappa shape index (κ3) is 4.48. The molecule has 1 heterocycles. The molecule has 7 heteroatoms. The highest BCUT2D eigenvalue weighted by Crippen LogP contribution is 2.35. The minimum Gasteiger partial charge on any atom is -0.491 e. The van der Waals surface area contributed by atoms with Crippen molar-refractivity contribution in [2.24, 2.45) is 0 Å². The van der Waals surface area contributed by atoms with Gasteiger partial charge in [0.25, 0.3) is 11.8 Å². The van der Waals surface area contributed by atoms with Gasteiger partial charge in [-0.3, -0.25) is 9.59 Å². The van der Waals surface area contributed by atoms with Crippen LogP contribution >= 0.6 is 0 Å². The number of benzene rings is 3. The number of carbonyl (C=O) groups excluding carboxylic acids is 2. The second-order valence-electron chi connectivity index (χ2n) is 7.97. The van der Waals surface area contributed by atoms with E-state index >= 15 is 0 Å². The van der Waals surface area contributed by atoms with Gasteiger partial charge in [0.2, 0.25) is 0 Å². The van der Waals surface area contributed by atoms with Crippen molar-refractivity contribution in [1.82, 2.24) is 0 Å². The molecule has 0 saturated heterocycles. The van der Waals surface area contributed by atoms with Crippen LogP contribution in [-0.4, -0.2) is 17.9 Å². The van der Waals surface area contributed by atoms with Gasteiger partial charge in [-0.25, -0.2) is 13.7 Å². The van der Waals surface area contributed by atoms with Crippen LogP contribution in [0.25, 0.3) is 5.57 Å². The Morgan fingerprint density at radius 1 is 0.879 bits per heavy atom. The molecule has 1 N–H and O–H groups in total. The number of nitrogens with zero attached hydrogens (tertiary/aromatic N) is 1. The minimum absolute atomic E-state index is 0.00473. The zero-order valence-corrected chi connectivity index (χ0v) is 18.4. The van der Waals surface area contributed by atoms with Gasteiger partial charge in [0.05, 0.1) is 17.4 Å². The van der Waals surface area contributed by atoms with E-state index < -0.39 is 23.4 Å². The molecule has 0 spiro atoms. The molecule has 1 aliphatic heterocycles. The Morgan fingerprint density at radius 2 is 1.55 bits per heavy atom. The molecule has 0 atom stereocenters. The first kappa shape index (κ1) is 22.2. The maximum Gasteiger partial charge on any atom is 0.282 e. The van der Waals surface area contributed by atoms with Crippen LogP contribution in [0.4, 0.5) is 20.2 Å². The van der Waals surface area contributed by atoms with E-state index in [2.05, 4.69) is 5.32 Å². The molecule has 3 aromatic carbocycles. The Morgan fingerprint density at radius 3 is 2.15 bits per heavy atom. The Balaban J connectivity index is 1.76. The molecule has 3 aromatic rings. The zero-order chi connectivity index (χ0) is 23.7. The summed E-state index contributed by atoms with van der Waals surface area (Å²) in [5, 5.41) is 3.01. The first-order chi connectivity index (χ1) is 15.7. The van der Waals surface area contributed by atoms with Gasteiger partial charge in [-0.15, -0.1) is 0 Å². The monoisotopic (exact) mass is 448 g/mol. The van der Waals surface area contributed by atoms with E-state index in [-0.39, 0.29) is 23.1 Å². The quantitative estimate of drug-likeness (QED) is 0.509. The summed E-state index contributed by atoms with van der Waals surface area (Å²) in [6, 6.07) is 16.7. The van der Waals surface area contributed by atoms with Crippen molar-refractivity contribution < 1.29 is 23.1 Å². The highest BCUT2D eigenvalue weighted by Gasteiger charge is 2.41. The van der Waals surface area contributed by atoms with Crippen LogP contribution in [0.15, 0.2) is 72.4 Å². The van der Waals surface area contributed by atoms with Gasteiger partial charge in [-0.1, -0.05) is 29.8 Å². The summed E-state index contributed by atoms with van der Waals surface area (Å²) in [5.41, 5.74) is 1.83. The molecule has 33 heavy (non-hydrogen) atoms. The number of aryl methyl sites for hydroxylation is 1. The van der Waals surface area contributed by atoms with Gasteiger partial charge >= 0.3 is 0 Å². The molecular weight excluding hydrogens is 426 g/mol. The van der Waals surface area contributed by atoms with Gasteiger partial charge in [-0.2, -0.15) is 0 Å². The van der Waals surface area contributed by atoms with Crippen LogP contribution in [0.1, 0.15) is 25.0 Å². The number of hydrogen-bond acceptors (Lipinski definition) is 4. The Hall–Kier alpha value is -4.00. The van der Waals surface area contributed by atoms with Gasteiger partial charge in [0.15, 0.2) is 0 Å². The fourth-order valence-electron chi connectivity index (χ4n) is 3.55. The lowest BCUT2D eigenvalue weighted by Gasteiger charge is -2.16. The van der Waals surface area contributed by atoms with Crippen molar-refractivity contribution in [2.75, 3.05) is 10.2 Å². The summed E-state index contributed by atoms with van der Waals surface area (Å²) in [4.78, 5) is 27.4. The highest BCUT2D eigenvalue weighted by atomic mass is 19.1. The van der Waals surface area contributed by atoms with E-state index in [9.17, 15) is 18.4 Å². The maximum absolute atomic E-state index is 14.5. The van der Waals surface area contributed by atoms with Crippen LogP contribution in [-0.2, 0) is 9.59 Å². The molecule has 2 amide bonds. The summed E-state index contributed by atoms with van der Waals surface area (Å²) >= 11 is 0. The van der Waals surface area contributed by atoms with Gasteiger partial charge in [-0.05, 0) is 62.7 Å². The average molecular weight is 448 g/mol. The number of nitrogens with one attached hydrogen (secondary N) is 1.